The van der Waals surface area contributed by atoms with E-state index in [1.165, 1.54) is 5.56 Å². The molecular weight excluding hydrogens is 390 g/mol. The zero-order chi connectivity index (χ0) is 21.6. The van der Waals surface area contributed by atoms with Crippen molar-refractivity contribution in [3.05, 3.63) is 89.6 Å². The second-order valence-electron chi connectivity index (χ2n) is 7.52. The summed E-state index contributed by atoms with van der Waals surface area (Å²) in [4.78, 5) is 14.0. The number of benzene rings is 3. The van der Waals surface area contributed by atoms with Crippen molar-refractivity contribution in [2.24, 2.45) is 0 Å². The minimum Gasteiger partial charge on any atom is -0.489 e. The number of hydrogen-bond acceptors (Lipinski definition) is 3. The minimum atomic E-state index is -0.797. The first-order valence-corrected chi connectivity index (χ1v) is 10.2. The van der Waals surface area contributed by atoms with Gasteiger partial charge in [0.2, 0.25) is 0 Å². The zero-order valence-corrected chi connectivity index (χ0v) is 17.4. The molecule has 0 aliphatic carbocycles. The molecule has 0 fully saturated rings. The minimum absolute atomic E-state index is 0.110. The van der Waals surface area contributed by atoms with E-state index in [-0.39, 0.29) is 6.42 Å². The summed E-state index contributed by atoms with van der Waals surface area (Å²) in [6, 6.07) is 24.5. The lowest BCUT2D eigenvalue weighted by Crippen LogP contribution is -1.99. The third-order valence-corrected chi connectivity index (χ3v) is 5.22. The lowest BCUT2D eigenvalue weighted by atomic mass is 9.98. The van der Waals surface area contributed by atoms with E-state index in [0.717, 1.165) is 39.0 Å². The molecule has 0 saturated carbocycles. The molecule has 0 unspecified atom stereocenters. The summed E-state index contributed by atoms with van der Waals surface area (Å²) >= 11 is 0. The number of carboxylic acid groups (broad SMARTS) is 1. The number of carbonyl (C=O) groups is 1. The number of aryl methyl sites for hydroxylation is 1. The second-order valence-corrected chi connectivity index (χ2v) is 7.52. The maximum absolute atomic E-state index is 10.8. The van der Waals surface area contributed by atoms with Gasteiger partial charge in [-0.2, -0.15) is 0 Å². The smallest absolute Gasteiger partial charge is 0.303 e. The van der Waals surface area contributed by atoms with Crippen LogP contribution in [0.4, 0.5) is 0 Å². The predicted octanol–water partition coefficient (Wildman–Crippen LogP) is 5.58. The fourth-order valence-electron chi connectivity index (χ4n) is 3.71. The SMILES string of the molecule is COCc1cc(COc2ccc3[nH]c(CCC(=O)O)cc3c2)ccc1-c1ccccc1. The maximum atomic E-state index is 10.8. The highest BCUT2D eigenvalue weighted by molar-refractivity contribution is 5.82. The van der Waals surface area contributed by atoms with E-state index in [0.29, 0.717) is 19.6 Å². The number of carboxylic acids is 1. The molecule has 0 radical (unpaired) electrons. The molecule has 0 aliphatic heterocycles. The summed E-state index contributed by atoms with van der Waals surface area (Å²) in [5.74, 6) is -0.0227. The quantitative estimate of drug-likeness (QED) is 0.374. The Kier molecular flexibility index (Phi) is 6.34. The number of fused-ring (bicyclic) bond motifs is 1. The summed E-state index contributed by atoms with van der Waals surface area (Å²) in [5, 5.41) is 9.88. The van der Waals surface area contributed by atoms with Gasteiger partial charge in [0.05, 0.1) is 13.0 Å². The Balaban J connectivity index is 1.48. The number of rotatable bonds is 9. The molecule has 158 valence electrons. The number of nitrogens with one attached hydrogen (secondary N) is 1. The van der Waals surface area contributed by atoms with E-state index >= 15 is 0 Å². The largest absolute Gasteiger partial charge is 0.489 e. The van der Waals surface area contributed by atoms with Crippen molar-refractivity contribution in [1.82, 2.24) is 4.98 Å². The Labute approximate surface area is 181 Å². The van der Waals surface area contributed by atoms with Crippen LogP contribution in [0.1, 0.15) is 23.2 Å². The Morgan fingerprint density at radius 3 is 2.58 bits per heavy atom. The highest BCUT2D eigenvalue weighted by Gasteiger charge is 2.08. The van der Waals surface area contributed by atoms with Crippen LogP contribution in [0.5, 0.6) is 5.75 Å². The molecule has 5 nitrogen and oxygen atoms in total. The summed E-state index contributed by atoms with van der Waals surface area (Å²) in [6.07, 6.45) is 0.592. The molecule has 5 heteroatoms. The van der Waals surface area contributed by atoms with Crippen LogP contribution in [0, 0.1) is 0 Å². The van der Waals surface area contributed by atoms with E-state index < -0.39 is 5.97 Å². The fraction of sp³-hybridized carbons (Fsp3) is 0.192. The Bertz CT molecular complexity index is 1180. The van der Waals surface area contributed by atoms with Gasteiger partial charge < -0.3 is 19.6 Å². The van der Waals surface area contributed by atoms with Crippen molar-refractivity contribution in [1.29, 1.82) is 0 Å². The van der Waals surface area contributed by atoms with Gasteiger partial charge in [-0.3, -0.25) is 4.79 Å². The Morgan fingerprint density at radius 1 is 0.968 bits per heavy atom. The fourth-order valence-corrected chi connectivity index (χ4v) is 3.71. The van der Waals surface area contributed by atoms with Gasteiger partial charge in [0.1, 0.15) is 12.4 Å². The first kappa shape index (κ1) is 20.7. The van der Waals surface area contributed by atoms with Crippen LogP contribution in [-0.4, -0.2) is 23.2 Å². The van der Waals surface area contributed by atoms with E-state index in [1.807, 2.05) is 42.5 Å². The number of methoxy groups -OCH3 is 1. The summed E-state index contributed by atoms with van der Waals surface area (Å²) in [7, 11) is 1.70. The van der Waals surface area contributed by atoms with Crippen molar-refractivity contribution < 1.29 is 19.4 Å². The lowest BCUT2D eigenvalue weighted by Gasteiger charge is -2.13. The molecule has 1 aromatic heterocycles. The third-order valence-electron chi connectivity index (χ3n) is 5.22. The van der Waals surface area contributed by atoms with E-state index in [1.54, 1.807) is 7.11 Å². The first-order chi connectivity index (χ1) is 15.1. The van der Waals surface area contributed by atoms with Gasteiger partial charge in [0.25, 0.3) is 0 Å². The predicted molar refractivity (Wildman–Crippen MR) is 121 cm³/mol. The van der Waals surface area contributed by atoms with Crippen molar-refractivity contribution in [2.45, 2.75) is 26.1 Å². The molecule has 0 bridgehead atoms. The molecule has 2 N–H and O–H groups in total. The molecule has 0 spiro atoms. The van der Waals surface area contributed by atoms with Crippen molar-refractivity contribution in [3.8, 4) is 16.9 Å². The van der Waals surface area contributed by atoms with E-state index in [9.17, 15) is 4.79 Å². The highest BCUT2D eigenvalue weighted by atomic mass is 16.5. The average molecular weight is 415 g/mol. The molecule has 0 atom stereocenters. The van der Waals surface area contributed by atoms with Gasteiger partial charge in [-0.15, -0.1) is 0 Å². The van der Waals surface area contributed by atoms with Crippen LogP contribution in [0.3, 0.4) is 0 Å². The number of aromatic amines is 1. The van der Waals surface area contributed by atoms with Crippen LogP contribution in [-0.2, 0) is 29.2 Å². The zero-order valence-electron chi connectivity index (χ0n) is 17.4. The normalized spacial score (nSPS) is 11.0. The molecule has 0 amide bonds. The summed E-state index contributed by atoms with van der Waals surface area (Å²) in [6.45, 7) is 0.986. The molecule has 1 heterocycles. The first-order valence-electron chi connectivity index (χ1n) is 10.2. The van der Waals surface area contributed by atoms with Gasteiger partial charge >= 0.3 is 5.97 Å². The van der Waals surface area contributed by atoms with Gasteiger partial charge in [0, 0.05) is 23.7 Å². The lowest BCUT2D eigenvalue weighted by molar-refractivity contribution is -0.136. The number of ether oxygens (including phenoxy) is 2. The van der Waals surface area contributed by atoms with Crippen LogP contribution >= 0.6 is 0 Å². The molecule has 3 aromatic carbocycles. The number of hydrogen-bond donors (Lipinski definition) is 2. The average Bonchev–Trinajstić information content (AvgIpc) is 3.19. The van der Waals surface area contributed by atoms with Crippen molar-refractivity contribution >= 4 is 16.9 Å². The Hall–Kier alpha value is -3.57. The third kappa shape index (κ3) is 5.13. The number of H-pyrrole nitrogens is 1. The molecular formula is C26H25NO4. The van der Waals surface area contributed by atoms with Crippen LogP contribution in [0.15, 0.2) is 72.8 Å². The van der Waals surface area contributed by atoms with E-state index in [4.69, 9.17) is 14.6 Å². The highest BCUT2D eigenvalue weighted by Crippen LogP contribution is 2.27. The van der Waals surface area contributed by atoms with Crippen LogP contribution < -0.4 is 4.74 Å². The molecule has 31 heavy (non-hydrogen) atoms. The maximum Gasteiger partial charge on any atom is 0.303 e. The van der Waals surface area contributed by atoms with Crippen LogP contribution in [0.2, 0.25) is 0 Å². The number of aliphatic carboxylic acids is 1. The van der Waals surface area contributed by atoms with Gasteiger partial charge in [-0.1, -0.05) is 42.5 Å². The van der Waals surface area contributed by atoms with E-state index in [2.05, 4.69) is 35.3 Å². The summed E-state index contributed by atoms with van der Waals surface area (Å²) in [5.41, 5.74) is 6.41. The standard InChI is InChI=1S/C26H25NO4/c1-30-17-21-13-18(7-10-24(21)19-5-3-2-4-6-19)16-31-23-9-11-25-20(15-23)14-22(27-25)8-12-26(28)29/h2-7,9-11,13-15,27H,8,12,16-17H2,1H3,(H,28,29). The van der Waals surface area contributed by atoms with Gasteiger partial charge in [0.15, 0.2) is 0 Å². The Morgan fingerprint density at radius 2 is 1.81 bits per heavy atom. The van der Waals surface area contributed by atoms with Crippen molar-refractivity contribution in [3.63, 3.8) is 0 Å². The molecule has 0 aliphatic rings. The monoisotopic (exact) mass is 415 g/mol. The topological polar surface area (TPSA) is 71.5 Å². The molecule has 4 aromatic rings. The van der Waals surface area contributed by atoms with Gasteiger partial charge in [-0.25, -0.2) is 0 Å². The second kappa shape index (κ2) is 9.49. The van der Waals surface area contributed by atoms with Gasteiger partial charge in [-0.05, 0) is 59.0 Å². The van der Waals surface area contributed by atoms with Crippen molar-refractivity contribution in [2.75, 3.05) is 7.11 Å². The van der Waals surface area contributed by atoms with Crippen LogP contribution in [0.25, 0.3) is 22.0 Å². The summed E-state index contributed by atoms with van der Waals surface area (Å²) < 4.78 is 11.4. The molecule has 4 rings (SSSR count). The number of aromatic nitrogens is 1. The molecule has 0 saturated heterocycles.